The number of hydrogen-bond donors (Lipinski definition) is 2. The molecule has 1 aliphatic heterocycles. The Kier molecular flexibility index (Phi) is 8.11. The summed E-state index contributed by atoms with van der Waals surface area (Å²) in [5.74, 6) is -2.30. The lowest BCUT2D eigenvalue weighted by Gasteiger charge is -2.33. The Balaban J connectivity index is 2.56. The third kappa shape index (κ3) is 6.03. The number of carbonyl (C=O) groups excluding carboxylic acids is 3. The number of allylic oxidation sites excluding steroid dienone is 2. The zero-order chi connectivity index (χ0) is 25.1. The lowest BCUT2D eigenvalue weighted by Crippen LogP contribution is -2.49. The molecule has 33 heavy (non-hydrogen) atoms. The predicted octanol–water partition coefficient (Wildman–Crippen LogP) is 3.89. The molecule has 180 valence electrons. The normalized spacial score (nSPS) is 17.5. The average Bonchev–Trinajstić information content (AvgIpc) is 2.69. The van der Waals surface area contributed by atoms with Crippen molar-refractivity contribution >= 4 is 17.8 Å². The molecule has 0 spiro atoms. The summed E-state index contributed by atoms with van der Waals surface area (Å²) in [7, 11) is 1.32. The average molecular weight is 457 g/mol. The van der Waals surface area contributed by atoms with E-state index in [4.69, 9.17) is 9.47 Å². The second kappa shape index (κ2) is 10.2. The maximum Gasteiger partial charge on any atom is 0.336 e. The van der Waals surface area contributed by atoms with E-state index < -0.39 is 35.4 Å². The van der Waals surface area contributed by atoms with Gasteiger partial charge in [0.25, 0.3) is 5.91 Å². The zero-order valence-electron chi connectivity index (χ0n) is 21.1. The van der Waals surface area contributed by atoms with Crippen molar-refractivity contribution in [1.29, 1.82) is 0 Å². The highest BCUT2D eigenvalue weighted by Gasteiger charge is 2.39. The number of esters is 2. The summed E-state index contributed by atoms with van der Waals surface area (Å²) in [6.45, 7) is 14.5. The summed E-state index contributed by atoms with van der Waals surface area (Å²) in [4.78, 5) is 39.3. The minimum absolute atomic E-state index is 0.199. The molecule has 0 aliphatic carbocycles. The van der Waals surface area contributed by atoms with Crippen molar-refractivity contribution in [2.45, 2.75) is 73.0 Å². The molecule has 7 heteroatoms. The van der Waals surface area contributed by atoms with Gasteiger partial charge in [-0.3, -0.25) is 4.79 Å². The molecule has 1 aromatic rings. The van der Waals surface area contributed by atoms with Crippen LogP contribution in [0, 0.1) is 12.8 Å². The molecule has 2 atom stereocenters. The van der Waals surface area contributed by atoms with Crippen LogP contribution >= 0.6 is 0 Å². The molecule has 1 amide bonds. The summed E-state index contributed by atoms with van der Waals surface area (Å²) < 4.78 is 10.6. The number of carbonyl (C=O) groups is 3. The molecular weight excluding hydrogens is 420 g/mol. The van der Waals surface area contributed by atoms with Gasteiger partial charge in [0.05, 0.1) is 18.6 Å². The number of aryl methyl sites for hydroxylation is 1. The number of hydrogen-bond acceptors (Lipinski definition) is 6. The van der Waals surface area contributed by atoms with Gasteiger partial charge in [0, 0.05) is 17.0 Å². The number of nitrogens with one attached hydrogen (secondary N) is 2. The number of benzene rings is 1. The van der Waals surface area contributed by atoms with Gasteiger partial charge in [-0.1, -0.05) is 38.1 Å². The van der Waals surface area contributed by atoms with Crippen molar-refractivity contribution in [2.24, 2.45) is 5.92 Å². The first-order valence-corrected chi connectivity index (χ1v) is 11.1. The number of amides is 1. The van der Waals surface area contributed by atoms with E-state index in [1.54, 1.807) is 34.6 Å². The number of methoxy groups -OCH3 is 1. The van der Waals surface area contributed by atoms with Gasteiger partial charge in [0.15, 0.2) is 0 Å². The van der Waals surface area contributed by atoms with Crippen molar-refractivity contribution in [2.75, 3.05) is 7.11 Å². The van der Waals surface area contributed by atoms with E-state index in [-0.39, 0.29) is 5.92 Å². The molecular formula is C26H36N2O5. The van der Waals surface area contributed by atoms with Crippen LogP contribution in [0.5, 0.6) is 0 Å². The Hall–Kier alpha value is -3.09. The van der Waals surface area contributed by atoms with E-state index in [9.17, 15) is 14.4 Å². The number of rotatable bonds is 6. The lowest BCUT2D eigenvalue weighted by molar-refractivity contribution is -0.159. The van der Waals surface area contributed by atoms with E-state index in [1.807, 2.05) is 45.0 Å². The first-order valence-electron chi connectivity index (χ1n) is 11.1. The first-order chi connectivity index (χ1) is 15.3. The highest BCUT2D eigenvalue weighted by Crippen LogP contribution is 2.40. The van der Waals surface area contributed by atoms with Gasteiger partial charge in [-0.05, 0) is 58.6 Å². The lowest BCUT2D eigenvalue weighted by atomic mass is 9.78. The fourth-order valence-corrected chi connectivity index (χ4v) is 3.98. The summed E-state index contributed by atoms with van der Waals surface area (Å²) >= 11 is 0. The maximum absolute atomic E-state index is 13.7. The highest BCUT2D eigenvalue weighted by atomic mass is 16.6. The van der Waals surface area contributed by atoms with E-state index in [2.05, 4.69) is 10.6 Å². The third-order valence-corrected chi connectivity index (χ3v) is 5.52. The smallest absolute Gasteiger partial charge is 0.336 e. The fourth-order valence-electron chi connectivity index (χ4n) is 3.98. The Morgan fingerprint density at radius 2 is 1.58 bits per heavy atom. The molecule has 1 unspecified atom stereocenters. The molecule has 7 nitrogen and oxygen atoms in total. The van der Waals surface area contributed by atoms with Gasteiger partial charge >= 0.3 is 11.9 Å². The Morgan fingerprint density at radius 1 is 1.00 bits per heavy atom. The minimum Gasteiger partial charge on any atom is -0.466 e. The van der Waals surface area contributed by atoms with Crippen molar-refractivity contribution in [1.82, 2.24) is 10.6 Å². The topological polar surface area (TPSA) is 93.7 Å². The molecule has 0 saturated carbocycles. The van der Waals surface area contributed by atoms with Crippen molar-refractivity contribution in [3.05, 3.63) is 57.9 Å². The Morgan fingerprint density at radius 3 is 2.09 bits per heavy atom. The maximum atomic E-state index is 13.7. The van der Waals surface area contributed by atoms with Gasteiger partial charge in [0.2, 0.25) is 0 Å². The molecule has 0 fully saturated rings. The van der Waals surface area contributed by atoms with E-state index in [0.717, 1.165) is 11.1 Å². The zero-order valence-corrected chi connectivity index (χ0v) is 21.1. The van der Waals surface area contributed by atoms with Crippen LogP contribution in [0.4, 0.5) is 0 Å². The van der Waals surface area contributed by atoms with Gasteiger partial charge in [-0.15, -0.1) is 0 Å². The summed E-state index contributed by atoms with van der Waals surface area (Å²) in [6, 6.07) is 6.77. The highest BCUT2D eigenvalue weighted by molar-refractivity contribution is 6.03. The van der Waals surface area contributed by atoms with Crippen LogP contribution in [0.3, 0.4) is 0 Å². The Labute approximate surface area is 196 Å². The van der Waals surface area contributed by atoms with Crippen LogP contribution in [0.25, 0.3) is 0 Å². The standard InChI is InChI=1S/C26H36N2O5/c1-14(2)22(25(31)33-26(6,7)8)28-23(29)19-16(4)27-17(5)20(24(30)32-9)21(19)18-13-11-10-12-15(18)3/h10-14,21-22,27H,1-9H3,(H,28,29)/t21?,22-/m0/s1. The summed E-state index contributed by atoms with van der Waals surface area (Å²) in [5, 5.41) is 6.01. The molecule has 1 aromatic carbocycles. The summed E-state index contributed by atoms with van der Waals surface area (Å²) in [6.07, 6.45) is 0. The van der Waals surface area contributed by atoms with Crippen molar-refractivity contribution in [3.63, 3.8) is 0 Å². The van der Waals surface area contributed by atoms with Gasteiger partial charge in [0.1, 0.15) is 11.6 Å². The van der Waals surface area contributed by atoms with Gasteiger partial charge < -0.3 is 20.1 Å². The molecule has 2 rings (SSSR count). The molecule has 0 saturated heterocycles. The quantitative estimate of drug-likeness (QED) is 0.631. The first kappa shape index (κ1) is 26.2. The largest absolute Gasteiger partial charge is 0.466 e. The van der Waals surface area contributed by atoms with Crippen LogP contribution < -0.4 is 10.6 Å². The van der Waals surface area contributed by atoms with Gasteiger partial charge in [-0.2, -0.15) is 0 Å². The molecule has 0 bridgehead atoms. The molecule has 1 heterocycles. The van der Waals surface area contributed by atoms with Crippen LogP contribution in [0.2, 0.25) is 0 Å². The summed E-state index contributed by atoms with van der Waals surface area (Å²) in [5.41, 5.74) is 3.03. The monoisotopic (exact) mass is 456 g/mol. The molecule has 0 aromatic heterocycles. The van der Waals surface area contributed by atoms with Crippen LogP contribution in [-0.4, -0.2) is 36.6 Å². The fraction of sp³-hybridized carbons (Fsp3) is 0.500. The van der Waals surface area contributed by atoms with Gasteiger partial charge in [-0.25, -0.2) is 9.59 Å². The van der Waals surface area contributed by atoms with E-state index >= 15 is 0 Å². The predicted molar refractivity (Wildman–Crippen MR) is 127 cm³/mol. The molecule has 2 N–H and O–H groups in total. The second-order valence-corrected chi connectivity index (χ2v) is 9.71. The van der Waals surface area contributed by atoms with Crippen LogP contribution in [0.1, 0.15) is 65.5 Å². The third-order valence-electron chi connectivity index (χ3n) is 5.52. The van der Waals surface area contributed by atoms with Crippen molar-refractivity contribution in [3.8, 4) is 0 Å². The second-order valence-electron chi connectivity index (χ2n) is 9.71. The SMILES string of the molecule is COC(=O)C1=C(C)NC(C)=C(C(=O)N[C@H](C(=O)OC(C)(C)C)C(C)C)C1c1ccccc1C. The van der Waals surface area contributed by atoms with Crippen LogP contribution in [0.15, 0.2) is 46.8 Å². The Bertz CT molecular complexity index is 998. The minimum atomic E-state index is -0.844. The van der Waals surface area contributed by atoms with Crippen LogP contribution in [-0.2, 0) is 23.9 Å². The number of ether oxygens (including phenoxy) is 2. The molecule has 0 radical (unpaired) electrons. The molecule has 1 aliphatic rings. The van der Waals surface area contributed by atoms with Crippen molar-refractivity contribution < 1.29 is 23.9 Å². The number of dihydropyridines is 1. The van der Waals surface area contributed by atoms with E-state index in [0.29, 0.717) is 22.5 Å². The van der Waals surface area contributed by atoms with E-state index in [1.165, 1.54) is 7.11 Å².